The van der Waals surface area contributed by atoms with Crippen molar-refractivity contribution in [2.24, 2.45) is 0 Å². The maximum Gasteiger partial charge on any atom is 0.262 e. The number of amides is 4. The molecule has 3 aliphatic heterocycles. The van der Waals surface area contributed by atoms with Crippen molar-refractivity contribution in [3.05, 3.63) is 34.9 Å². The second-order valence-corrected chi connectivity index (χ2v) is 7.25. The Morgan fingerprint density at radius 3 is 2.63 bits per heavy atom. The van der Waals surface area contributed by atoms with Gasteiger partial charge in [-0.3, -0.25) is 29.4 Å². The molecule has 0 radical (unpaired) electrons. The molecule has 1 aromatic rings. The van der Waals surface area contributed by atoms with Gasteiger partial charge in [0.25, 0.3) is 11.8 Å². The highest BCUT2D eigenvalue weighted by Crippen LogP contribution is 2.28. The number of hydrogen-bond donors (Lipinski definition) is 3. The zero-order valence-electron chi connectivity index (χ0n) is 14.9. The maximum atomic E-state index is 12.8. The number of rotatable bonds is 4. The van der Waals surface area contributed by atoms with E-state index in [0.717, 1.165) is 36.4 Å². The van der Waals surface area contributed by atoms with Crippen LogP contribution in [-0.4, -0.2) is 53.7 Å². The number of fused-ring (bicyclic) bond motifs is 1. The molecule has 2 fully saturated rings. The van der Waals surface area contributed by atoms with E-state index in [1.807, 2.05) is 6.07 Å². The molecule has 3 aliphatic rings. The molecule has 2 unspecified atom stereocenters. The van der Waals surface area contributed by atoms with Gasteiger partial charge < -0.3 is 10.6 Å². The SMILES string of the molecule is O=C1CCC(N2C(=O)c3ccc(CNC4CCCNC4)cc3C2=O)C(=O)N1. The Balaban J connectivity index is 1.49. The standard InChI is InChI=1S/C19H22N4O4/c24-16-6-5-15(17(25)22-16)23-18(26)13-4-3-11(8-14(13)19(23)27)9-21-12-2-1-7-20-10-12/h3-4,8,12,15,20-21H,1-2,5-7,9-10H2,(H,22,24,25). The second-order valence-electron chi connectivity index (χ2n) is 7.25. The summed E-state index contributed by atoms with van der Waals surface area (Å²) in [6, 6.07) is 4.68. The third kappa shape index (κ3) is 3.38. The zero-order valence-corrected chi connectivity index (χ0v) is 14.9. The Hall–Kier alpha value is -2.58. The highest BCUT2D eigenvalue weighted by Gasteiger charge is 2.44. The Bertz CT molecular complexity index is 816. The van der Waals surface area contributed by atoms with Crippen LogP contribution in [0.1, 0.15) is 52.0 Å². The van der Waals surface area contributed by atoms with Crippen molar-refractivity contribution in [2.45, 2.75) is 44.3 Å². The predicted molar refractivity (Wildman–Crippen MR) is 95.8 cm³/mol. The zero-order chi connectivity index (χ0) is 19.0. The molecule has 8 heteroatoms. The average Bonchev–Trinajstić information content (AvgIpc) is 2.92. The number of carbonyl (C=O) groups excluding carboxylic acids is 4. The highest BCUT2D eigenvalue weighted by molar-refractivity contribution is 6.23. The third-order valence-electron chi connectivity index (χ3n) is 5.40. The first-order valence-electron chi connectivity index (χ1n) is 9.33. The Labute approximate surface area is 156 Å². The molecule has 1 aromatic carbocycles. The van der Waals surface area contributed by atoms with Gasteiger partial charge in [-0.2, -0.15) is 0 Å². The fourth-order valence-electron chi connectivity index (χ4n) is 3.92. The molecule has 4 amide bonds. The number of benzene rings is 1. The van der Waals surface area contributed by atoms with Crippen LogP contribution in [0.15, 0.2) is 18.2 Å². The second kappa shape index (κ2) is 7.21. The van der Waals surface area contributed by atoms with Crippen LogP contribution >= 0.6 is 0 Å². The molecule has 2 atom stereocenters. The first-order chi connectivity index (χ1) is 13.0. The quantitative estimate of drug-likeness (QED) is 0.641. The van der Waals surface area contributed by atoms with E-state index in [1.165, 1.54) is 0 Å². The van der Waals surface area contributed by atoms with Gasteiger partial charge in [-0.25, -0.2) is 0 Å². The Kier molecular flexibility index (Phi) is 4.75. The van der Waals surface area contributed by atoms with E-state index in [2.05, 4.69) is 16.0 Å². The van der Waals surface area contributed by atoms with Crippen LogP contribution in [-0.2, 0) is 16.1 Å². The van der Waals surface area contributed by atoms with E-state index in [-0.39, 0.29) is 18.7 Å². The normalized spacial score (nSPS) is 25.6. The topological polar surface area (TPSA) is 108 Å². The lowest BCUT2D eigenvalue weighted by Crippen LogP contribution is -2.54. The van der Waals surface area contributed by atoms with E-state index in [0.29, 0.717) is 23.7 Å². The van der Waals surface area contributed by atoms with Crippen LogP contribution < -0.4 is 16.0 Å². The fourth-order valence-corrected chi connectivity index (χ4v) is 3.92. The first-order valence-corrected chi connectivity index (χ1v) is 9.33. The summed E-state index contributed by atoms with van der Waals surface area (Å²) < 4.78 is 0. The number of imide groups is 2. The average molecular weight is 370 g/mol. The smallest absolute Gasteiger partial charge is 0.262 e. The van der Waals surface area contributed by atoms with E-state index in [4.69, 9.17) is 0 Å². The number of nitrogens with zero attached hydrogens (tertiary/aromatic N) is 1. The van der Waals surface area contributed by atoms with Crippen molar-refractivity contribution in [1.29, 1.82) is 0 Å². The molecular formula is C19H22N4O4. The van der Waals surface area contributed by atoms with Gasteiger partial charge in [0.1, 0.15) is 6.04 Å². The van der Waals surface area contributed by atoms with Gasteiger partial charge in [-0.1, -0.05) is 6.07 Å². The summed E-state index contributed by atoms with van der Waals surface area (Å²) >= 11 is 0. The summed E-state index contributed by atoms with van der Waals surface area (Å²) in [7, 11) is 0. The largest absolute Gasteiger partial charge is 0.315 e. The lowest BCUT2D eigenvalue weighted by atomic mass is 10.0. The van der Waals surface area contributed by atoms with Gasteiger partial charge in [0, 0.05) is 25.6 Å². The summed E-state index contributed by atoms with van der Waals surface area (Å²) in [5, 5.41) is 9.02. The molecular weight excluding hydrogens is 348 g/mol. The highest BCUT2D eigenvalue weighted by atomic mass is 16.2. The van der Waals surface area contributed by atoms with Gasteiger partial charge in [-0.05, 0) is 43.5 Å². The van der Waals surface area contributed by atoms with Crippen LogP contribution in [0.4, 0.5) is 0 Å². The minimum absolute atomic E-state index is 0.119. The molecule has 0 aliphatic carbocycles. The van der Waals surface area contributed by atoms with Gasteiger partial charge in [0.15, 0.2) is 0 Å². The maximum absolute atomic E-state index is 12.8. The van der Waals surface area contributed by atoms with Crippen molar-refractivity contribution in [2.75, 3.05) is 13.1 Å². The van der Waals surface area contributed by atoms with Crippen LogP contribution in [0.2, 0.25) is 0 Å². The number of carbonyl (C=O) groups is 4. The molecule has 3 heterocycles. The molecule has 0 aromatic heterocycles. The van der Waals surface area contributed by atoms with E-state index < -0.39 is 23.8 Å². The Morgan fingerprint density at radius 1 is 1.07 bits per heavy atom. The van der Waals surface area contributed by atoms with Crippen molar-refractivity contribution in [3.63, 3.8) is 0 Å². The molecule has 4 rings (SSSR count). The van der Waals surface area contributed by atoms with Gasteiger partial charge in [-0.15, -0.1) is 0 Å². The van der Waals surface area contributed by atoms with Crippen molar-refractivity contribution < 1.29 is 19.2 Å². The summed E-state index contributed by atoms with van der Waals surface area (Å²) in [4.78, 5) is 49.9. The van der Waals surface area contributed by atoms with Gasteiger partial charge in [0.2, 0.25) is 11.8 Å². The minimum atomic E-state index is -0.926. The van der Waals surface area contributed by atoms with E-state index in [1.54, 1.807) is 12.1 Å². The van der Waals surface area contributed by atoms with Gasteiger partial charge in [0.05, 0.1) is 11.1 Å². The van der Waals surface area contributed by atoms with Crippen LogP contribution in [0, 0.1) is 0 Å². The molecule has 2 saturated heterocycles. The molecule has 3 N–H and O–H groups in total. The van der Waals surface area contributed by atoms with E-state index in [9.17, 15) is 19.2 Å². The molecule has 27 heavy (non-hydrogen) atoms. The summed E-state index contributed by atoms with van der Waals surface area (Å²) in [6.07, 6.45) is 2.53. The van der Waals surface area contributed by atoms with Crippen molar-refractivity contribution >= 4 is 23.6 Å². The summed E-state index contributed by atoms with van der Waals surface area (Å²) in [5.74, 6) is -1.91. The van der Waals surface area contributed by atoms with Crippen molar-refractivity contribution in [3.8, 4) is 0 Å². The summed E-state index contributed by atoms with van der Waals surface area (Å²) in [6.45, 7) is 2.58. The van der Waals surface area contributed by atoms with Crippen molar-refractivity contribution in [1.82, 2.24) is 20.9 Å². The minimum Gasteiger partial charge on any atom is -0.315 e. The molecule has 0 spiro atoms. The van der Waals surface area contributed by atoms with Crippen LogP contribution in [0.25, 0.3) is 0 Å². The van der Waals surface area contributed by atoms with Crippen LogP contribution in [0.3, 0.4) is 0 Å². The number of hydrogen-bond acceptors (Lipinski definition) is 6. The molecule has 142 valence electrons. The monoisotopic (exact) mass is 370 g/mol. The van der Waals surface area contributed by atoms with Crippen LogP contribution in [0.5, 0.6) is 0 Å². The fraction of sp³-hybridized carbons (Fsp3) is 0.474. The lowest BCUT2D eigenvalue weighted by Gasteiger charge is -2.27. The molecule has 0 bridgehead atoms. The number of nitrogens with one attached hydrogen (secondary N) is 3. The van der Waals surface area contributed by atoms with E-state index >= 15 is 0 Å². The molecule has 8 nitrogen and oxygen atoms in total. The third-order valence-corrected chi connectivity index (χ3v) is 5.40. The number of piperidine rings is 2. The molecule has 0 saturated carbocycles. The first kappa shape index (κ1) is 17.8. The van der Waals surface area contributed by atoms with Gasteiger partial charge >= 0.3 is 0 Å². The predicted octanol–water partition coefficient (Wildman–Crippen LogP) is -0.0706. The lowest BCUT2D eigenvalue weighted by molar-refractivity contribution is -0.136. The summed E-state index contributed by atoms with van der Waals surface area (Å²) in [5.41, 5.74) is 1.56. The Morgan fingerprint density at radius 2 is 1.89 bits per heavy atom.